The predicted molar refractivity (Wildman–Crippen MR) is 108 cm³/mol. The number of thioether (sulfide) groups is 1. The minimum atomic E-state index is -0.0312. The lowest BCUT2D eigenvalue weighted by molar-refractivity contribution is -0.113. The average molecular weight is 366 g/mol. The summed E-state index contributed by atoms with van der Waals surface area (Å²) in [6, 6.07) is 13.7. The lowest BCUT2D eigenvalue weighted by atomic mass is 10.2. The van der Waals surface area contributed by atoms with E-state index in [1.807, 2.05) is 30.3 Å². The zero-order chi connectivity index (χ0) is 18.2. The molecule has 0 bridgehead atoms. The van der Waals surface area contributed by atoms with E-state index in [1.54, 1.807) is 6.20 Å². The van der Waals surface area contributed by atoms with E-state index in [2.05, 4.69) is 38.2 Å². The monoisotopic (exact) mass is 366 g/mol. The second kappa shape index (κ2) is 9.27. The Kier molecular flexibility index (Phi) is 6.53. The van der Waals surface area contributed by atoms with Gasteiger partial charge in [0.05, 0.1) is 17.3 Å². The number of carbonyl (C=O) groups is 1. The normalized spacial score (nSPS) is 14.7. The maximum absolute atomic E-state index is 12.1. The lowest BCUT2D eigenvalue weighted by Gasteiger charge is -2.35. The summed E-state index contributed by atoms with van der Waals surface area (Å²) in [6.07, 6.45) is 7.10. The number of hydrogen-bond acceptors (Lipinski definition) is 5. The van der Waals surface area contributed by atoms with Crippen LogP contribution in [-0.4, -0.2) is 54.3 Å². The zero-order valence-electron chi connectivity index (χ0n) is 14.6. The fraction of sp³-hybridized carbons (Fsp3) is 0.300. The van der Waals surface area contributed by atoms with E-state index in [0.29, 0.717) is 5.75 Å². The molecule has 0 spiro atoms. The summed E-state index contributed by atoms with van der Waals surface area (Å²) in [6.45, 7) is 4.61. The van der Waals surface area contributed by atoms with E-state index in [-0.39, 0.29) is 5.91 Å². The maximum Gasteiger partial charge on any atom is 0.234 e. The number of anilines is 2. The Bertz CT molecular complexity index is 750. The van der Waals surface area contributed by atoms with Crippen LogP contribution in [-0.2, 0) is 4.79 Å². The van der Waals surface area contributed by atoms with Gasteiger partial charge in [-0.25, -0.2) is 4.98 Å². The quantitative estimate of drug-likeness (QED) is 0.629. The Morgan fingerprint density at radius 3 is 2.58 bits per heavy atom. The van der Waals surface area contributed by atoms with Gasteiger partial charge in [-0.15, -0.1) is 6.42 Å². The van der Waals surface area contributed by atoms with Crippen LogP contribution in [0.5, 0.6) is 0 Å². The van der Waals surface area contributed by atoms with Crippen LogP contribution in [0.25, 0.3) is 0 Å². The number of rotatable bonds is 6. The van der Waals surface area contributed by atoms with Crippen molar-refractivity contribution in [3.63, 3.8) is 0 Å². The molecule has 3 rings (SSSR count). The maximum atomic E-state index is 12.1. The molecule has 1 aromatic carbocycles. The van der Waals surface area contributed by atoms with E-state index in [1.165, 1.54) is 17.4 Å². The molecule has 6 heteroatoms. The van der Waals surface area contributed by atoms with Gasteiger partial charge in [0, 0.05) is 43.8 Å². The van der Waals surface area contributed by atoms with Crippen molar-refractivity contribution in [2.24, 2.45) is 0 Å². The largest absolute Gasteiger partial charge is 0.369 e. The number of hydrogen-bond donors (Lipinski definition) is 1. The zero-order valence-corrected chi connectivity index (χ0v) is 15.4. The summed E-state index contributed by atoms with van der Waals surface area (Å²) in [7, 11) is 0. The van der Waals surface area contributed by atoms with Crippen molar-refractivity contribution in [3.8, 4) is 12.3 Å². The molecule has 0 radical (unpaired) electrons. The van der Waals surface area contributed by atoms with Gasteiger partial charge in [-0.3, -0.25) is 9.69 Å². The fourth-order valence-electron chi connectivity index (χ4n) is 2.82. The average Bonchev–Trinajstić information content (AvgIpc) is 2.69. The van der Waals surface area contributed by atoms with Crippen LogP contribution in [0.1, 0.15) is 0 Å². The van der Waals surface area contributed by atoms with Crippen LogP contribution >= 0.6 is 11.8 Å². The van der Waals surface area contributed by atoms with Gasteiger partial charge in [-0.2, -0.15) is 0 Å². The highest BCUT2D eigenvalue weighted by Crippen LogP contribution is 2.20. The highest BCUT2D eigenvalue weighted by atomic mass is 32.2. The number of pyridine rings is 1. The Morgan fingerprint density at radius 1 is 1.15 bits per heavy atom. The third kappa shape index (κ3) is 5.25. The molecule has 5 nitrogen and oxygen atoms in total. The van der Waals surface area contributed by atoms with Gasteiger partial charge < -0.3 is 10.2 Å². The number of aromatic nitrogens is 1. The summed E-state index contributed by atoms with van der Waals surface area (Å²) in [4.78, 5) is 20.9. The van der Waals surface area contributed by atoms with Crippen LogP contribution in [0.4, 0.5) is 11.4 Å². The van der Waals surface area contributed by atoms with E-state index >= 15 is 0 Å². The summed E-state index contributed by atoms with van der Waals surface area (Å²) >= 11 is 1.43. The Morgan fingerprint density at radius 2 is 1.92 bits per heavy atom. The topological polar surface area (TPSA) is 48.5 Å². The molecule has 2 heterocycles. The minimum absolute atomic E-state index is 0.0312. The molecule has 0 saturated carbocycles. The number of benzene rings is 1. The van der Waals surface area contributed by atoms with Crippen LogP contribution in [0.2, 0.25) is 0 Å². The van der Waals surface area contributed by atoms with E-state index in [0.717, 1.165) is 43.4 Å². The molecule has 26 heavy (non-hydrogen) atoms. The van der Waals surface area contributed by atoms with Crippen LogP contribution < -0.4 is 10.2 Å². The van der Waals surface area contributed by atoms with Crippen molar-refractivity contribution >= 4 is 29.0 Å². The number of carbonyl (C=O) groups excluding carboxylic acids is 1. The van der Waals surface area contributed by atoms with Crippen molar-refractivity contribution in [3.05, 3.63) is 48.7 Å². The van der Waals surface area contributed by atoms with Crippen molar-refractivity contribution in [2.45, 2.75) is 5.03 Å². The Balaban J connectivity index is 1.47. The third-order valence-corrected chi connectivity index (χ3v) is 5.14. The van der Waals surface area contributed by atoms with E-state index in [9.17, 15) is 4.79 Å². The van der Waals surface area contributed by atoms with Crippen molar-refractivity contribution in [1.29, 1.82) is 0 Å². The molecule has 1 aromatic heterocycles. The van der Waals surface area contributed by atoms with Gasteiger partial charge >= 0.3 is 0 Å². The first-order chi connectivity index (χ1) is 12.7. The Hall–Kier alpha value is -2.49. The van der Waals surface area contributed by atoms with Crippen molar-refractivity contribution in [1.82, 2.24) is 9.88 Å². The molecule has 2 aromatic rings. The molecule has 1 fully saturated rings. The Labute approximate surface area is 158 Å². The molecular weight excluding hydrogens is 344 g/mol. The van der Waals surface area contributed by atoms with Gasteiger partial charge in [0.15, 0.2) is 0 Å². The summed E-state index contributed by atoms with van der Waals surface area (Å²) in [5.41, 5.74) is 1.98. The van der Waals surface area contributed by atoms with Crippen LogP contribution in [0.3, 0.4) is 0 Å². The smallest absolute Gasteiger partial charge is 0.234 e. The summed E-state index contributed by atoms with van der Waals surface area (Å²) in [5.74, 6) is 3.01. The lowest BCUT2D eigenvalue weighted by Crippen LogP contribution is -2.46. The minimum Gasteiger partial charge on any atom is -0.369 e. The summed E-state index contributed by atoms with van der Waals surface area (Å²) < 4.78 is 0. The third-order valence-electron chi connectivity index (χ3n) is 4.19. The molecule has 0 aliphatic carbocycles. The highest BCUT2D eigenvalue weighted by Gasteiger charge is 2.16. The molecule has 1 amide bonds. The highest BCUT2D eigenvalue weighted by molar-refractivity contribution is 7.99. The second-order valence-corrected chi connectivity index (χ2v) is 7.01. The molecule has 1 aliphatic rings. The number of terminal acetylenes is 1. The number of piperazine rings is 1. The van der Waals surface area contributed by atoms with Gasteiger partial charge in [-0.05, 0) is 36.4 Å². The molecular formula is C20H22N4OS. The van der Waals surface area contributed by atoms with Gasteiger partial charge in [0.25, 0.3) is 0 Å². The van der Waals surface area contributed by atoms with Crippen molar-refractivity contribution in [2.75, 3.05) is 48.7 Å². The van der Waals surface area contributed by atoms with Gasteiger partial charge in [0.1, 0.15) is 0 Å². The fourth-order valence-corrected chi connectivity index (χ4v) is 3.48. The SMILES string of the molecule is C#CCN1CCN(c2ccc(NC(=O)CSc3ccccn3)cc2)CC1. The first-order valence-corrected chi connectivity index (χ1v) is 9.57. The van der Waals surface area contributed by atoms with E-state index < -0.39 is 0 Å². The van der Waals surface area contributed by atoms with Crippen LogP contribution in [0.15, 0.2) is 53.7 Å². The van der Waals surface area contributed by atoms with Gasteiger partial charge in [0.2, 0.25) is 5.91 Å². The van der Waals surface area contributed by atoms with Gasteiger partial charge in [-0.1, -0.05) is 23.7 Å². The van der Waals surface area contributed by atoms with E-state index in [4.69, 9.17) is 6.42 Å². The number of nitrogens with one attached hydrogen (secondary N) is 1. The first kappa shape index (κ1) is 18.3. The van der Waals surface area contributed by atoms with Crippen LogP contribution in [0, 0.1) is 12.3 Å². The second-order valence-electron chi connectivity index (χ2n) is 6.02. The predicted octanol–water partition coefficient (Wildman–Crippen LogP) is 2.57. The molecule has 0 unspecified atom stereocenters. The molecule has 1 N–H and O–H groups in total. The first-order valence-electron chi connectivity index (χ1n) is 8.59. The molecule has 0 atom stereocenters. The van der Waals surface area contributed by atoms with Crippen molar-refractivity contribution < 1.29 is 4.79 Å². The number of amides is 1. The molecule has 134 valence electrons. The molecule has 1 aliphatic heterocycles. The molecule has 1 saturated heterocycles. The summed E-state index contributed by atoms with van der Waals surface area (Å²) in [5, 5.41) is 3.78. The standard InChI is InChI=1S/C20H22N4OS/c1-2-11-23-12-14-24(15-13-23)18-8-6-17(7-9-18)22-19(25)16-26-20-5-3-4-10-21-20/h1,3-10H,11-16H2,(H,22,25). The number of nitrogens with zero attached hydrogens (tertiary/aromatic N) is 3.